The molecule has 3 aromatic rings. The number of ketones is 1. The summed E-state index contributed by atoms with van der Waals surface area (Å²) in [6, 6.07) is 8.15. The molecule has 128 valence electrons. The zero-order chi connectivity index (χ0) is 18.1. The zero-order valence-electron chi connectivity index (χ0n) is 13.7. The number of hydrogen-bond acceptors (Lipinski definition) is 5. The van der Waals surface area contributed by atoms with Crippen LogP contribution in [0.15, 0.2) is 40.5 Å². The van der Waals surface area contributed by atoms with Crippen LogP contribution in [0.5, 0.6) is 5.75 Å². The summed E-state index contributed by atoms with van der Waals surface area (Å²) in [6.45, 7) is 3.61. The summed E-state index contributed by atoms with van der Waals surface area (Å²) in [6.07, 6.45) is 0. The normalized spacial score (nSPS) is 10.8. The predicted molar refractivity (Wildman–Crippen MR) is 97.8 cm³/mol. The number of aryl methyl sites for hydroxylation is 1. The third-order valence-electron chi connectivity index (χ3n) is 3.92. The molecule has 2 aromatic heterocycles. The molecule has 0 radical (unpaired) electrons. The number of pyridine rings is 1. The van der Waals surface area contributed by atoms with Gasteiger partial charge in [-0.2, -0.15) is 0 Å². The van der Waals surface area contributed by atoms with Crippen LogP contribution in [-0.2, 0) is 6.54 Å². The van der Waals surface area contributed by atoms with Crippen LogP contribution in [0, 0.1) is 0 Å². The number of rotatable bonds is 4. The SMILES string of the molecule is CCn1c(=O)c(C(=O)Nc2cccc(C(C)=O)c2)c(O)c2sccc21. The molecule has 2 heterocycles. The lowest BCUT2D eigenvalue weighted by molar-refractivity contribution is 0.100. The minimum absolute atomic E-state index is 0.132. The molecule has 0 aliphatic rings. The standard InChI is InChI=1S/C18H16N2O4S/c1-3-20-13-7-8-25-16(13)15(22)14(18(20)24)17(23)19-12-6-4-5-11(9-12)10(2)21/h4-9,22H,3H2,1-2H3,(H,19,23). The van der Waals surface area contributed by atoms with E-state index in [0.29, 0.717) is 28.0 Å². The third-order valence-corrected chi connectivity index (χ3v) is 4.83. The average Bonchev–Trinajstić information content (AvgIpc) is 3.05. The fourth-order valence-electron chi connectivity index (χ4n) is 2.68. The Hall–Kier alpha value is -2.93. The Labute approximate surface area is 147 Å². The summed E-state index contributed by atoms with van der Waals surface area (Å²) in [4.78, 5) is 36.7. The number of Topliss-reactive ketones (excluding diaryl/α,β-unsaturated/α-hetero) is 1. The monoisotopic (exact) mass is 356 g/mol. The van der Waals surface area contributed by atoms with Crippen LogP contribution >= 0.6 is 11.3 Å². The lowest BCUT2D eigenvalue weighted by Crippen LogP contribution is -2.29. The molecule has 0 bridgehead atoms. The highest BCUT2D eigenvalue weighted by atomic mass is 32.1. The van der Waals surface area contributed by atoms with Gasteiger partial charge >= 0.3 is 0 Å². The van der Waals surface area contributed by atoms with Gasteiger partial charge in [0.2, 0.25) is 0 Å². The van der Waals surface area contributed by atoms with Crippen LogP contribution in [0.2, 0.25) is 0 Å². The van der Waals surface area contributed by atoms with Crippen molar-refractivity contribution in [3.05, 3.63) is 57.2 Å². The number of aromatic hydroxyl groups is 1. The van der Waals surface area contributed by atoms with Crippen LogP contribution in [0.4, 0.5) is 5.69 Å². The van der Waals surface area contributed by atoms with Gasteiger partial charge in [0.25, 0.3) is 11.5 Å². The Balaban J connectivity index is 2.07. The molecule has 3 rings (SSSR count). The van der Waals surface area contributed by atoms with E-state index in [1.165, 1.54) is 28.9 Å². The first kappa shape index (κ1) is 16.9. The molecule has 0 unspecified atom stereocenters. The maximum Gasteiger partial charge on any atom is 0.267 e. The van der Waals surface area contributed by atoms with Gasteiger partial charge in [0.05, 0.1) is 10.2 Å². The number of amides is 1. The number of carbonyl (C=O) groups is 2. The molecular weight excluding hydrogens is 340 g/mol. The molecule has 2 N–H and O–H groups in total. The van der Waals surface area contributed by atoms with Gasteiger partial charge in [-0.3, -0.25) is 14.4 Å². The predicted octanol–water partition coefficient (Wildman–Crippen LogP) is 3.24. The number of nitrogens with one attached hydrogen (secondary N) is 1. The van der Waals surface area contributed by atoms with Gasteiger partial charge in [-0.15, -0.1) is 11.3 Å². The largest absolute Gasteiger partial charge is 0.505 e. The number of aromatic nitrogens is 1. The Bertz CT molecular complexity index is 1050. The average molecular weight is 356 g/mol. The maximum absolute atomic E-state index is 12.6. The number of fused-ring (bicyclic) bond motifs is 1. The second-order valence-electron chi connectivity index (χ2n) is 5.50. The van der Waals surface area contributed by atoms with Crippen LogP contribution in [-0.4, -0.2) is 21.4 Å². The van der Waals surface area contributed by atoms with E-state index in [4.69, 9.17) is 0 Å². The molecule has 0 aliphatic carbocycles. The van der Waals surface area contributed by atoms with E-state index in [-0.39, 0.29) is 17.1 Å². The van der Waals surface area contributed by atoms with Gasteiger partial charge in [0.15, 0.2) is 11.5 Å². The molecule has 0 aliphatic heterocycles. The lowest BCUT2D eigenvalue weighted by Gasteiger charge is -2.11. The highest BCUT2D eigenvalue weighted by Gasteiger charge is 2.22. The molecule has 25 heavy (non-hydrogen) atoms. The van der Waals surface area contributed by atoms with Crippen molar-refractivity contribution in [2.24, 2.45) is 0 Å². The topological polar surface area (TPSA) is 88.4 Å². The van der Waals surface area contributed by atoms with Gasteiger partial charge in [0.1, 0.15) is 5.56 Å². The van der Waals surface area contributed by atoms with E-state index < -0.39 is 11.5 Å². The van der Waals surface area contributed by atoms with Crippen LogP contribution < -0.4 is 10.9 Å². The summed E-state index contributed by atoms with van der Waals surface area (Å²) >= 11 is 1.26. The van der Waals surface area contributed by atoms with Gasteiger partial charge in [-0.1, -0.05) is 12.1 Å². The van der Waals surface area contributed by atoms with E-state index in [0.717, 1.165) is 0 Å². The minimum Gasteiger partial charge on any atom is -0.505 e. The van der Waals surface area contributed by atoms with Crippen LogP contribution in [0.1, 0.15) is 34.6 Å². The number of nitrogens with zero attached hydrogens (tertiary/aromatic N) is 1. The van der Waals surface area contributed by atoms with Crippen LogP contribution in [0.3, 0.4) is 0 Å². The van der Waals surface area contributed by atoms with E-state index in [1.54, 1.807) is 36.6 Å². The van der Waals surface area contributed by atoms with Crippen molar-refractivity contribution in [1.82, 2.24) is 4.57 Å². The summed E-state index contributed by atoms with van der Waals surface area (Å²) in [5.74, 6) is -1.16. The van der Waals surface area contributed by atoms with E-state index >= 15 is 0 Å². The summed E-state index contributed by atoms with van der Waals surface area (Å²) in [5.41, 5.74) is 0.578. The fourth-order valence-corrected chi connectivity index (χ4v) is 3.53. The van der Waals surface area contributed by atoms with Gasteiger partial charge in [-0.05, 0) is 37.4 Å². The fraction of sp³-hybridized carbons (Fsp3) is 0.167. The van der Waals surface area contributed by atoms with Crippen molar-refractivity contribution in [3.63, 3.8) is 0 Å². The second-order valence-corrected chi connectivity index (χ2v) is 6.42. The Morgan fingerprint density at radius 2 is 2.04 bits per heavy atom. The van der Waals surface area contributed by atoms with Gasteiger partial charge in [-0.25, -0.2) is 0 Å². The first-order valence-electron chi connectivity index (χ1n) is 7.69. The lowest BCUT2D eigenvalue weighted by atomic mass is 10.1. The molecule has 0 atom stereocenters. The highest BCUT2D eigenvalue weighted by molar-refractivity contribution is 7.17. The molecule has 0 spiro atoms. The molecule has 0 saturated heterocycles. The van der Waals surface area contributed by atoms with Crippen molar-refractivity contribution in [2.45, 2.75) is 20.4 Å². The van der Waals surface area contributed by atoms with E-state index in [1.807, 2.05) is 0 Å². The van der Waals surface area contributed by atoms with Crippen LogP contribution in [0.25, 0.3) is 10.2 Å². The van der Waals surface area contributed by atoms with E-state index in [2.05, 4.69) is 5.32 Å². The number of hydrogen-bond donors (Lipinski definition) is 2. The summed E-state index contributed by atoms with van der Waals surface area (Å²) < 4.78 is 1.94. The number of thiophene rings is 1. The molecule has 1 aromatic carbocycles. The number of anilines is 1. The second kappa shape index (κ2) is 6.52. The molecular formula is C18H16N2O4S. The Morgan fingerprint density at radius 1 is 1.28 bits per heavy atom. The molecule has 6 nitrogen and oxygen atoms in total. The number of benzene rings is 1. The van der Waals surface area contributed by atoms with Gasteiger partial charge < -0.3 is 15.0 Å². The van der Waals surface area contributed by atoms with E-state index in [9.17, 15) is 19.5 Å². The number of carbonyl (C=O) groups excluding carboxylic acids is 2. The van der Waals surface area contributed by atoms with Crippen molar-refractivity contribution >= 4 is 38.9 Å². The quantitative estimate of drug-likeness (QED) is 0.703. The third kappa shape index (κ3) is 2.94. The van der Waals surface area contributed by atoms with Crippen molar-refractivity contribution in [3.8, 4) is 5.75 Å². The smallest absolute Gasteiger partial charge is 0.267 e. The maximum atomic E-state index is 12.6. The highest BCUT2D eigenvalue weighted by Crippen LogP contribution is 2.31. The first-order valence-corrected chi connectivity index (χ1v) is 8.57. The zero-order valence-corrected chi connectivity index (χ0v) is 14.5. The summed E-state index contributed by atoms with van der Waals surface area (Å²) in [5, 5.41) is 14.8. The van der Waals surface area contributed by atoms with Crippen molar-refractivity contribution in [1.29, 1.82) is 0 Å². The molecule has 0 fully saturated rings. The van der Waals surface area contributed by atoms with Crippen molar-refractivity contribution in [2.75, 3.05) is 5.32 Å². The minimum atomic E-state index is -0.708. The Morgan fingerprint density at radius 3 is 2.72 bits per heavy atom. The molecule has 7 heteroatoms. The van der Waals surface area contributed by atoms with Gasteiger partial charge in [0, 0.05) is 17.8 Å². The Kier molecular flexibility index (Phi) is 4.41. The molecule has 0 saturated carbocycles. The molecule has 1 amide bonds. The summed E-state index contributed by atoms with van der Waals surface area (Å²) in [7, 11) is 0. The van der Waals surface area contributed by atoms with Crippen molar-refractivity contribution < 1.29 is 14.7 Å². The first-order chi connectivity index (χ1) is 11.9.